The molecule has 3 aromatic carbocycles. The normalized spacial score (nSPS) is 22.8. The first-order chi connectivity index (χ1) is 17.2. The van der Waals surface area contributed by atoms with E-state index in [1.807, 2.05) is 0 Å². The number of hydrogen-bond acceptors (Lipinski definition) is 9. The van der Waals surface area contributed by atoms with E-state index in [0.29, 0.717) is 27.6 Å². The molecule has 0 unspecified atom stereocenters. The van der Waals surface area contributed by atoms with Crippen molar-refractivity contribution < 1.29 is 39.1 Å². The summed E-state index contributed by atoms with van der Waals surface area (Å²) in [6.07, 6.45) is -4.36. The number of phenols is 1. The third-order valence-electron chi connectivity index (χ3n) is 6.78. The predicted molar refractivity (Wildman–Crippen MR) is 134 cm³/mol. The van der Waals surface area contributed by atoms with Crippen molar-refractivity contribution in [2.75, 3.05) is 14.2 Å². The van der Waals surface area contributed by atoms with Gasteiger partial charge in [0.1, 0.15) is 47.2 Å². The number of rotatable bonds is 5. The van der Waals surface area contributed by atoms with Crippen molar-refractivity contribution >= 4 is 38.6 Å². The van der Waals surface area contributed by atoms with Crippen LogP contribution in [0.3, 0.4) is 0 Å². The van der Waals surface area contributed by atoms with Gasteiger partial charge in [-0.3, -0.25) is 0 Å². The Bertz CT molecular complexity index is 1570. The lowest BCUT2D eigenvalue weighted by Gasteiger charge is -2.20. The molecule has 5 atom stereocenters. The summed E-state index contributed by atoms with van der Waals surface area (Å²) in [6.45, 7) is 5.21. The Morgan fingerprint density at radius 1 is 1.00 bits per heavy atom. The van der Waals surface area contributed by atoms with Crippen molar-refractivity contribution in [1.82, 2.24) is 0 Å². The number of hydrogen-bond donors (Lipinski definition) is 4. The zero-order valence-electron chi connectivity index (χ0n) is 19.9. The summed E-state index contributed by atoms with van der Waals surface area (Å²) in [6, 6.07) is 7.94. The molecule has 0 radical (unpaired) electrons. The lowest BCUT2D eigenvalue weighted by Crippen LogP contribution is -2.36. The van der Waals surface area contributed by atoms with Crippen molar-refractivity contribution in [2.45, 2.75) is 37.4 Å². The summed E-state index contributed by atoms with van der Waals surface area (Å²) in [5.41, 5.74) is 0.475. The molecule has 2 heterocycles. The van der Waals surface area contributed by atoms with Crippen molar-refractivity contribution in [1.29, 1.82) is 0 Å². The van der Waals surface area contributed by atoms with Crippen LogP contribution in [0.1, 0.15) is 24.2 Å². The molecule has 36 heavy (non-hydrogen) atoms. The summed E-state index contributed by atoms with van der Waals surface area (Å²) >= 11 is 0. The van der Waals surface area contributed by atoms with Crippen LogP contribution >= 0.6 is 0 Å². The number of fused-ring (bicyclic) bond motifs is 5. The van der Waals surface area contributed by atoms with Crippen molar-refractivity contribution in [3.05, 3.63) is 58.5 Å². The molecule has 1 aliphatic rings. The standard InChI is InChI=1S/C27H26O9/c1-5-12-8-15-19(17(9-12)33-3)14-10-18(34-4)21-16(29)7-6-13(20(21)25(14)36-27(15)32)26-23(31)22(30)24(35-26)11(2)28/h5-11,22-24,26,28-31H,1H2,2-4H3/t11-,22+,23-,24+,26+/m0/s1. The second-order valence-corrected chi connectivity index (χ2v) is 8.86. The average molecular weight is 494 g/mol. The van der Waals surface area contributed by atoms with Crippen LogP contribution in [-0.2, 0) is 4.74 Å². The van der Waals surface area contributed by atoms with Gasteiger partial charge in [-0.1, -0.05) is 18.7 Å². The topological polar surface area (TPSA) is 139 Å². The lowest BCUT2D eigenvalue weighted by molar-refractivity contribution is -0.0586. The molecule has 0 bridgehead atoms. The molecule has 4 aromatic rings. The van der Waals surface area contributed by atoms with Crippen LogP contribution in [0, 0.1) is 0 Å². The Labute approximate surface area is 205 Å². The Morgan fingerprint density at radius 2 is 1.69 bits per heavy atom. The molecule has 1 aromatic heterocycles. The van der Waals surface area contributed by atoms with Crippen molar-refractivity contribution in [3.63, 3.8) is 0 Å². The smallest absolute Gasteiger partial charge is 0.344 e. The van der Waals surface area contributed by atoms with E-state index in [9.17, 15) is 25.2 Å². The summed E-state index contributed by atoms with van der Waals surface area (Å²) in [4.78, 5) is 13.2. The van der Waals surface area contributed by atoms with Crippen LogP contribution in [0.25, 0.3) is 38.6 Å². The van der Waals surface area contributed by atoms with Gasteiger partial charge in [-0.05, 0) is 42.3 Å². The zero-order valence-corrected chi connectivity index (χ0v) is 19.9. The van der Waals surface area contributed by atoms with Gasteiger partial charge < -0.3 is 39.1 Å². The molecule has 1 saturated heterocycles. The van der Waals surface area contributed by atoms with Gasteiger partial charge in [0.2, 0.25) is 0 Å². The third kappa shape index (κ3) is 3.43. The number of benzene rings is 3. The number of aliphatic hydroxyl groups excluding tert-OH is 3. The summed E-state index contributed by atoms with van der Waals surface area (Å²) < 4.78 is 22.9. The highest BCUT2D eigenvalue weighted by Crippen LogP contribution is 2.47. The maximum Gasteiger partial charge on any atom is 0.344 e. The quantitative estimate of drug-likeness (QED) is 0.244. The molecule has 1 aliphatic heterocycles. The monoisotopic (exact) mass is 494 g/mol. The van der Waals surface area contributed by atoms with Crippen LogP contribution in [0.4, 0.5) is 0 Å². The molecule has 4 N–H and O–H groups in total. The molecule has 0 aliphatic carbocycles. The van der Waals surface area contributed by atoms with Gasteiger partial charge in [-0.25, -0.2) is 4.79 Å². The highest BCUT2D eigenvalue weighted by atomic mass is 16.6. The second-order valence-electron chi connectivity index (χ2n) is 8.86. The van der Waals surface area contributed by atoms with Crippen LogP contribution in [0.15, 0.2) is 46.1 Å². The zero-order chi connectivity index (χ0) is 25.9. The van der Waals surface area contributed by atoms with Gasteiger partial charge in [-0.15, -0.1) is 0 Å². The van der Waals surface area contributed by atoms with Crippen molar-refractivity contribution in [2.24, 2.45) is 0 Å². The van der Waals surface area contributed by atoms with Crippen molar-refractivity contribution in [3.8, 4) is 17.2 Å². The minimum atomic E-state index is -1.39. The van der Waals surface area contributed by atoms with Gasteiger partial charge >= 0.3 is 5.63 Å². The number of ether oxygens (including phenoxy) is 3. The molecule has 9 nitrogen and oxygen atoms in total. The van der Waals surface area contributed by atoms with E-state index < -0.39 is 36.1 Å². The molecule has 5 rings (SSSR count). The summed E-state index contributed by atoms with van der Waals surface area (Å²) in [7, 11) is 2.92. The fourth-order valence-electron chi connectivity index (χ4n) is 5.06. The first kappa shape index (κ1) is 24.1. The molecular formula is C27H26O9. The Morgan fingerprint density at radius 3 is 2.31 bits per heavy atom. The van der Waals surface area contributed by atoms with Gasteiger partial charge in [-0.2, -0.15) is 0 Å². The number of methoxy groups -OCH3 is 2. The Hall–Kier alpha value is -3.63. The molecule has 9 heteroatoms. The minimum absolute atomic E-state index is 0.115. The Balaban J connectivity index is 1.95. The van der Waals surface area contributed by atoms with E-state index in [1.165, 1.54) is 33.3 Å². The van der Waals surface area contributed by atoms with E-state index >= 15 is 0 Å². The first-order valence-electron chi connectivity index (χ1n) is 11.3. The molecule has 188 valence electrons. The fourth-order valence-corrected chi connectivity index (χ4v) is 5.06. The minimum Gasteiger partial charge on any atom is -0.507 e. The van der Waals surface area contributed by atoms with Crippen LogP contribution in [0.5, 0.6) is 17.2 Å². The second kappa shape index (κ2) is 8.79. The third-order valence-corrected chi connectivity index (χ3v) is 6.78. The number of phenolic OH excluding ortho intramolecular Hbond substituents is 1. The molecule has 1 fully saturated rings. The van der Waals surface area contributed by atoms with E-state index in [1.54, 1.807) is 24.3 Å². The van der Waals surface area contributed by atoms with Crippen LogP contribution < -0.4 is 15.1 Å². The van der Waals surface area contributed by atoms with E-state index in [2.05, 4.69) is 6.58 Å². The first-order valence-corrected chi connectivity index (χ1v) is 11.3. The number of aromatic hydroxyl groups is 1. The molecule has 0 spiro atoms. The predicted octanol–water partition coefficient (Wildman–Crippen LogP) is 3.01. The molecule has 0 amide bonds. The highest BCUT2D eigenvalue weighted by Gasteiger charge is 2.46. The highest BCUT2D eigenvalue weighted by molar-refractivity contribution is 6.19. The van der Waals surface area contributed by atoms with E-state index in [0.717, 1.165) is 0 Å². The van der Waals surface area contributed by atoms with E-state index in [-0.39, 0.29) is 33.2 Å². The summed E-state index contributed by atoms with van der Waals surface area (Å²) in [5, 5.41) is 43.8. The SMILES string of the molecule is C=Cc1cc(OC)c2c(c1)c(=O)oc1c2cc(OC)c2c(O)ccc([C@H]3O[C@H]([C@H](C)O)[C@H](O)[C@@H]3O)c21. The number of aliphatic hydroxyl groups is 3. The fraction of sp³-hybridized carbons (Fsp3) is 0.296. The molecule has 0 saturated carbocycles. The maximum atomic E-state index is 13.2. The van der Waals surface area contributed by atoms with Gasteiger partial charge in [0.15, 0.2) is 0 Å². The molecular weight excluding hydrogens is 468 g/mol. The Kier molecular flexibility index (Phi) is 5.88. The summed E-state index contributed by atoms with van der Waals surface area (Å²) in [5.74, 6) is 0.538. The average Bonchev–Trinajstić information content (AvgIpc) is 3.17. The lowest BCUT2D eigenvalue weighted by atomic mass is 9.92. The largest absolute Gasteiger partial charge is 0.507 e. The van der Waals surface area contributed by atoms with Gasteiger partial charge in [0, 0.05) is 16.2 Å². The van der Waals surface area contributed by atoms with Crippen LogP contribution in [-0.4, -0.2) is 59.1 Å². The maximum absolute atomic E-state index is 13.2. The van der Waals surface area contributed by atoms with Gasteiger partial charge in [0.25, 0.3) is 0 Å². The van der Waals surface area contributed by atoms with Crippen LogP contribution in [0.2, 0.25) is 0 Å². The van der Waals surface area contributed by atoms with E-state index in [4.69, 9.17) is 18.6 Å². The van der Waals surface area contributed by atoms with Gasteiger partial charge in [0.05, 0.1) is 31.1 Å².